The fourth-order valence-electron chi connectivity index (χ4n) is 2.30. The SMILES string of the molecule is O=C(CCc1nnc(-c2ccncc2)o1)N1CCCC1. The van der Waals surface area contributed by atoms with Crippen LogP contribution in [0.1, 0.15) is 25.2 Å². The van der Waals surface area contributed by atoms with E-state index in [0.717, 1.165) is 31.5 Å². The van der Waals surface area contributed by atoms with Crippen LogP contribution in [0.2, 0.25) is 0 Å². The zero-order valence-electron chi connectivity index (χ0n) is 11.2. The first-order chi connectivity index (χ1) is 9.83. The maximum absolute atomic E-state index is 11.9. The lowest BCUT2D eigenvalue weighted by atomic mass is 10.3. The molecule has 0 bridgehead atoms. The topological polar surface area (TPSA) is 72.1 Å². The third-order valence-electron chi connectivity index (χ3n) is 3.41. The molecule has 0 aromatic carbocycles. The quantitative estimate of drug-likeness (QED) is 0.846. The van der Waals surface area contributed by atoms with E-state index in [4.69, 9.17) is 4.42 Å². The van der Waals surface area contributed by atoms with Crippen LogP contribution in [-0.4, -0.2) is 39.1 Å². The third kappa shape index (κ3) is 2.84. The summed E-state index contributed by atoms with van der Waals surface area (Å²) < 4.78 is 5.56. The number of likely N-dealkylation sites (tertiary alicyclic amines) is 1. The highest BCUT2D eigenvalue weighted by atomic mass is 16.4. The van der Waals surface area contributed by atoms with Crippen molar-refractivity contribution in [2.45, 2.75) is 25.7 Å². The Kier molecular flexibility index (Phi) is 3.71. The van der Waals surface area contributed by atoms with E-state index in [-0.39, 0.29) is 5.91 Å². The molecular weight excluding hydrogens is 256 g/mol. The van der Waals surface area contributed by atoms with Gasteiger partial charge in [0.05, 0.1) is 0 Å². The van der Waals surface area contributed by atoms with Crippen LogP contribution in [0.25, 0.3) is 11.5 Å². The molecule has 6 nitrogen and oxygen atoms in total. The molecule has 3 rings (SSSR count). The van der Waals surface area contributed by atoms with Crippen LogP contribution >= 0.6 is 0 Å². The van der Waals surface area contributed by atoms with Crippen molar-refractivity contribution in [2.75, 3.05) is 13.1 Å². The van der Waals surface area contributed by atoms with Crippen LogP contribution in [0.4, 0.5) is 0 Å². The zero-order valence-corrected chi connectivity index (χ0v) is 11.2. The van der Waals surface area contributed by atoms with Gasteiger partial charge in [-0.3, -0.25) is 9.78 Å². The maximum Gasteiger partial charge on any atom is 0.247 e. The molecular formula is C14H16N4O2. The molecule has 20 heavy (non-hydrogen) atoms. The third-order valence-corrected chi connectivity index (χ3v) is 3.41. The lowest BCUT2D eigenvalue weighted by molar-refractivity contribution is -0.130. The van der Waals surface area contributed by atoms with E-state index in [2.05, 4.69) is 15.2 Å². The van der Waals surface area contributed by atoms with E-state index in [9.17, 15) is 4.79 Å². The van der Waals surface area contributed by atoms with Crippen molar-refractivity contribution in [1.29, 1.82) is 0 Å². The van der Waals surface area contributed by atoms with Crippen LogP contribution in [0.5, 0.6) is 0 Å². The Morgan fingerprint density at radius 2 is 1.95 bits per heavy atom. The summed E-state index contributed by atoms with van der Waals surface area (Å²) in [4.78, 5) is 17.8. The first-order valence-electron chi connectivity index (χ1n) is 6.83. The molecule has 1 saturated heterocycles. The second-order valence-corrected chi connectivity index (χ2v) is 4.82. The summed E-state index contributed by atoms with van der Waals surface area (Å²) in [5.74, 6) is 1.14. The van der Waals surface area contributed by atoms with Crippen molar-refractivity contribution in [3.8, 4) is 11.5 Å². The number of pyridine rings is 1. The van der Waals surface area contributed by atoms with Crippen LogP contribution in [-0.2, 0) is 11.2 Å². The van der Waals surface area contributed by atoms with Gasteiger partial charge in [0, 0.05) is 43.9 Å². The molecule has 1 aliphatic heterocycles. The smallest absolute Gasteiger partial charge is 0.247 e. The Hall–Kier alpha value is -2.24. The number of amides is 1. The Bertz CT molecular complexity index is 576. The lowest BCUT2D eigenvalue weighted by Crippen LogP contribution is -2.27. The van der Waals surface area contributed by atoms with E-state index in [0.29, 0.717) is 24.6 Å². The largest absolute Gasteiger partial charge is 0.421 e. The number of carbonyl (C=O) groups is 1. The molecule has 0 spiro atoms. The molecule has 1 amide bonds. The van der Waals surface area contributed by atoms with Gasteiger partial charge >= 0.3 is 0 Å². The Labute approximate surface area is 116 Å². The van der Waals surface area contributed by atoms with Crippen molar-refractivity contribution in [3.63, 3.8) is 0 Å². The van der Waals surface area contributed by atoms with Crippen molar-refractivity contribution in [3.05, 3.63) is 30.4 Å². The van der Waals surface area contributed by atoms with Gasteiger partial charge in [-0.05, 0) is 25.0 Å². The minimum atomic E-state index is 0.172. The molecule has 1 aliphatic rings. The normalized spacial score (nSPS) is 14.7. The Morgan fingerprint density at radius 3 is 2.70 bits per heavy atom. The van der Waals surface area contributed by atoms with Gasteiger partial charge in [-0.1, -0.05) is 0 Å². The molecule has 1 fully saturated rings. The van der Waals surface area contributed by atoms with Gasteiger partial charge in [-0.15, -0.1) is 10.2 Å². The summed E-state index contributed by atoms with van der Waals surface area (Å²) in [6.45, 7) is 1.76. The van der Waals surface area contributed by atoms with Gasteiger partial charge < -0.3 is 9.32 Å². The predicted molar refractivity (Wildman–Crippen MR) is 71.7 cm³/mol. The highest BCUT2D eigenvalue weighted by Crippen LogP contribution is 2.17. The molecule has 0 unspecified atom stereocenters. The molecule has 2 aromatic heterocycles. The van der Waals surface area contributed by atoms with Gasteiger partial charge in [-0.25, -0.2) is 0 Å². The molecule has 104 valence electrons. The average Bonchev–Trinajstić information content (AvgIpc) is 3.17. The van der Waals surface area contributed by atoms with Gasteiger partial charge in [0.25, 0.3) is 0 Å². The molecule has 2 aromatic rings. The predicted octanol–water partition coefficient (Wildman–Crippen LogP) is 1.69. The van der Waals surface area contributed by atoms with Crippen LogP contribution in [0.15, 0.2) is 28.9 Å². The van der Waals surface area contributed by atoms with E-state index in [1.807, 2.05) is 17.0 Å². The highest BCUT2D eigenvalue weighted by molar-refractivity contribution is 5.76. The summed E-state index contributed by atoms with van der Waals surface area (Å²) in [6, 6.07) is 3.62. The fraction of sp³-hybridized carbons (Fsp3) is 0.429. The Balaban J connectivity index is 1.59. The first kappa shape index (κ1) is 12.8. The average molecular weight is 272 g/mol. The Morgan fingerprint density at radius 1 is 1.20 bits per heavy atom. The van der Waals surface area contributed by atoms with Crippen LogP contribution in [0, 0.1) is 0 Å². The van der Waals surface area contributed by atoms with E-state index >= 15 is 0 Å². The van der Waals surface area contributed by atoms with Crippen molar-refractivity contribution >= 4 is 5.91 Å². The molecule has 0 aliphatic carbocycles. The summed E-state index contributed by atoms with van der Waals surface area (Å²) in [7, 11) is 0. The molecule has 0 N–H and O–H groups in total. The molecule has 0 saturated carbocycles. The number of rotatable bonds is 4. The van der Waals surface area contributed by atoms with Gasteiger partial charge in [0.2, 0.25) is 17.7 Å². The lowest BCUT2D eigenvalue weighted by Gasteiger charge is -2.13. The molecule has 6 heteroatoms. The van der Waals surface area contributed by atoms with Gasteiger partial charge in [0.1, 0.15) is 0 Å². The van der Waals surface area contributed by atoms with E-state index in [1.54, 1.807) is 12.4 Å². The molecule has 0 radical (unpaired) electrons. The van der Waals surface area contributed by atoms with E-state index < -0.39 is 0 Å². The van der Waals surface area contributed by atoms with Gasteiger partial charge in [-0.2, -0.15) is 0 Å². The summed E-state index contributed by atoms with van der Waals surface area (Å²) in [5, 5.41) is 7.98. The second kappa shape index (κ2) is 5.81. The number of hydrogen-bond acceptors (Lipinski definition) is 5. The number of nitrogens with zero attached hydrogens (tertiary/aromatic N) is 4. The van der Waals surface area contributed by atoms with Gasteiger partial charge in [0.15, 0.2) is 0 Å². The van der Waals surface area contributed by atoms with Crippen LogP contribution < -0.4 is 0 Å². The zero-order chi connectivity index (χ0) is 13.8. The van der Waals surface area contributed by atoms with Crippen LogP contribution in [0.3, 0.4) is 0 Å². The molecule has 0 atom stereocenters. The number of aryl methyl sites for hydroxylation is 1. The number of carbonyl (C=O) groups excluding carboxylic acids is 1. The van der Waals surface area contributed by atoms with Crippen molar-refractivity contribution in [1.82, 2.24) is 20.1 Å². The first-order valence-corrected chi connectivity index (χ1v) is 6.83. The second-order valence-electron chi connectivity index (χ2n) is 4.82. The minimum Gasteiger partial charge on any atom is -0.421 e. The summed E-state index contributed by atoms with van der Waals surface area (Å²) in [6.07, 6.45) is 6.49. The maximum atomic E-state index is 11.9. The van der Waals surface area contributed by atoms with Crippen molar-refractivity contribution < 1.29 is 9.21 Å². The van der Waals surface area contributed by atoms with E-state index in [1.165, 1.54) is 0 Å². The van der Waals surface area contributed by atoms with Crippen molar-refractivity contribution in [2.24, 2.45) is 0 Å². The minimum absolute atomic E-state index is 0.172. The highest BCUT2D eigenvalue weighted by Gasteiger charge is 2.18. The fourth-order valence-corrected chi connectivity index (χ4v) is 2.30. The standard InChI is InChI=1S/C14H16N4O2/c19-13(18-9-1-2-10-18)4-3-12-16-17-14(20-12)11-5-7-15-8-6-11/h5-8H,1-4,9-10H2. The summed E-state index contributed by atoms with van der Waals surface area (Å²) >= 11 is 0. The monoisotopic (exact) mass is 272 g/mol. The molecule has 3 heterocycles. The summed E-state index contributed by atoms with van der Waals surface area (Å²) in [5.41, 5.74) is 0.838. The number of aromatic nitrogens is 3. The number of hydrogen-bond donors (Lipinski definition) is 0.